The number of rotatable bonds is 2. The molecule has 2 N–H and O–H groups in total. The number of nitrogens with two attached hydrogens (primary N) is 1. The van der Waals surface area contributed by atoms with E-state index in [1.807, 2.05) is 24.7 Å². The van der Waals surface area contributed by atoms with Gasteiger partial charge in [0.1, 0.15) is 0 Å². The van der Waals surface area contributed by atoms with Crippen LogP contribution >= 0.6 is 11.3 Å². The standard InChI is InChI=1S/C8H11N3S/c1-6(9)4-7-5-10-8-11(7)2-3-12-8/h2-3,5-6H,4,9H2,1H3. The van der Waals surface area contributed by atoms with Crippen LogP contribution < -0.4 is 5.73 Å². The molecule has 0 aliphatic rings. The average molecular weight is 181 g/mol. The number of hydrogen-bond acceptors (Lipinski definition) is 3. The van der Waals surface area contributed by atoms with E-state index in [1.54, 1.807) is 11.3 Å². The lowest BCUT2D eigenvalue weighted by molar-refractivity contribution is 0.718. The fourth-order valence-electron chi connectivity index (χ4n) is 1.26. The third-order valence-electron chi connectivity index (χ3n) is 1.75. The van der Waals surface area contributed by atoms with Gasteiger partial charge in [-0.3, -0.25) is 4.40 Å². The van der Waals surface area contributed by atoms with Crippen LogP contribution in [0.1, 0.15) is 12.6 Å². The summed E-state index contributed by atoms with van der Waals surface area (Å²) in [7, 11) is 0. The molecule has 0 saturated carbocycles. The van der Waals surface area contributed by atoms with Crippen molar-refractivity contribution in [1.29, 1.82) is 0 Å². The highest BCUT2D eigenvalue weighted by Gasteiger charge is 2.05. The van der Waals surface area contributed by atoms with Crippen molar-refractivity contribution in [3.8, 4) is 0 Å². The van der Waals surface area contributed by atoms with Crippen molar-refractivity contribution in [2.45, 2.75) is 19.4 Å². The highest BCUT2D eigenvalue weighted by Crippen LogP contribution is 2.13. The lowest BCUT2D eigenvalue weighted by Gasteiger charge is -2.01. The molecule has 0 amide bonds. The molecular weight excluding hydrogens is 170 g/mol. The SMILES string of the molecule is CC(N)Cc1cnc2sccn12. The van der Waals surface area contributed by atoms with Gasteiger partial charge >= 0.3 is 0 Å². The van der Waals surface area contributed by atoms with Gasteiger partial charge in [-0.15, -0.1) is 11.3 Å². The van der Waals surface area contributed by atoms with Crippen molar-refractivity contribution >= 4 is 16.3 Å². The zero-order valence-electron chi connectivity index (χ0n) is 6.90. The van der Waals surface area contributed by atoms with Gasteiger partial charge in [0.2, 0.25) is 0 Å². The Balaban J connectivity index is 2.40. The Morgan fingerprint density at radius 1 is 1.75 bits per heavy atom. The molecule has 0 spiro atoms. The second-order valence-electron chi connectivity index (χ2n) is 2.99. The molecule has 0 radical (unpaired) electrons. The highest BCUT2D eigenvalue weighted by atomic mass is 32.1. The van der Waals surface area contributed by atoms with Crippen LogP contribution in [0.4, 0.5) is 0 Å². The van der Waals surface area contributed by atoms with Crippen molar-refractivity contribution in [3.63, 3.8) is 0 Å². The quantitative estimate of drug-likeness (QED) is 0.758. The van der Waals surface area contributed by atoms with Crippen LogP contribution in [0.15, 0.2) is 17.8 Å². The van der Waals surface area contributed by atoms with E-state index >= 15 is 0 Å². The molecule has 1 unspecified atom stereocenters. The van der Waals surface area contributed by atoms with Gasteiger partial charge in [-0.05, 0) is 6.92 Å². The van der Waals surface area contributed by atoms with E-state index in [9.17, 15) is 0 Å². The first-order chi connectivity index (χ1) is 5.77. The molecule has 64 valence electrons. The van der Waals surface area contributed by atoms with Crippen molar-refractivity contribution in [3.05, 3.63) is 23.5 Å². The van der Waals surface area contributed by atoms with Crippen LogP contribution in [0.2, 0.25) is 0 Å². The predicted octanol–water partition coefficient (Wildman–Crippen LogP) is 1.29. The molecule has 0 saturated heterocycles. The number of hydrogen-bond donors (Lipinski definition) is 1. The van der Waals surface area contributed by atoms with Crippen LogP contribution in [0, 0.1) is 0 Å². The van der Waals surface area contributed by atoms with Gasteiger partial charge in [0.15, 0.2) is 4.96 Å². The lowest BCUT2D eigenvalue weighted by Crippen LogP contribution is -2.18. The molecule has 0 fully saturated rings. The summed E-state index contributed by atoms with van der Waals surface area (Å²) in [5.74, 6) is 0. The Labute approximate surface area is 74.8 Å². The third-order valence-corrected chi connectivity index (χ3v) is 2.52. The van der Waals surface area contributed by atoms with Gasteiger partial charge in [-0.25, -0.2) is 4.98 Å². The molecule has 0 bridgehead atoms. The number of imidazole rings is 1. The molecule has 0 aromatic carbocycles. The average Bonchev–Trinajstić information content (AvgIpc) is 2.52. The highest BCUT2D eigenvalue weighted by molar-refractivity contribution is 7.15. The minimum atomic E-state index is 0.199. The first-order valence-electron chi connectivity index (χ1n) is 3.92. The van der Waals surface area contributed by atoms with Crippen LogP contribution in [-0.2, 0) is 6.42 Å². The van der Waals surface area contributed by atoms with E-state index in [2.05, 4.69) is 9.38 Å². The van der Waals surface area contributed by atoms with E-state index in [0.29, 0.717) is 0 Å². The maximum atomic E-state index is 5.71. The van der Waals surface area contributed by atoms with Gasteiger partial charge in [-0.1, -0.05) is 0 Å². The molecule has 2 aromatic rings. The molecule has 0 aliphatic carbocycles. The second-order valence-corrected chi connectivity index (χ2v) is 3.86. The summed E-state index contributed by atoms with van der Waals surface area (Å²) in [6.07, 6.45) is 4.82. The van der Waals surface area contributed by atoms with Gasteiger partial charge in [-0.2, -0.15) is 0 Å². The van der Waals surface area contributed by atoms with E-state index in [-0.39, 0.29) is 6.04 Å². The lowest BCUT2D eigenvalue weighted by atomic mass is 10.2. The normalized spacial score (nSPS) is 13.8. The predicted molar refractivity (Wildman–Crippen MR) is 50.4 cm³/mol. The number of thiazole rings is 1. The number of fused-ring (bicyclic) bond motifs is 1. The third kappa shape index (κ3) is 1.23. The molecule has 2 aromatic heterocycles. The number of nitrogens with zero attached hydrogens (tertiary/aromatic N) is 2. The first kappa shape index (κ1) is 7.76. The molecule has 2 heterocycles. The van der Waals surface area contributed by atoms with E-state index < -0.39 is 0 Å². The summed E-state index contributed by atoms with van der Waals surface area (Å²) in [5, 5.41) is 2.03. The van der Waals surface area contributed by atoms with Crippen LogP contribution in [0.3, 0.4) is 0 Å². The summed E-state index contributed by atoms with van der Waals surface area (Å²) >= 11 is 1.65. The minimum Gasteiger partial charge on any atom is -0.328 e. The minimum absolute atomic E-state index is 0.199. The number of aromatic nitrogens is 2. The Kier molecular flexibility index (Phi) is 1.86. The van der Waals surface area contributed by atoms with E-state index in [4.69, 9.17) is 5.73 Å². The topological polar surface area (TPSA) is 43.3 Å². The maximum absolute atomic E-state index is 5.71. The van der Waals surface area contributed by atoms with E-state index in [1.165, 1.54) is 5.69 Å². The van der Waals surface area contributed by atoms with Gasteiger partial charge in [0, 0.05) is 29.7 Å². The Morgan fingerprint density at radius 3 is 3.33 bits per heavy atom. The van der Waals surface area contributed by atoms with Gasteiger partial charge < -0.3 is 5.73 Å². The first-order valence-corrected chi connectivity index (χ1v) is 4.80. The summed E-state index contributed by atoms with van der Waals surface area (Å²) in [6.45, 7) is 2.01. The summed E-state index contributed by atoms with van der Waals surface area (Å²) in [6, 6.07) is 0.199. The zero-order valence-corrected chi connectivity index (χ0v) is 7.71. The fraction of sp³-hybridized carbons (Fsp3) is 0.375. The summed E-state index contributed by atoms with van der Waals surface area (Å²) in [5.41, 5.74) is 6.90. The Hall–Kier alpha value is -0.870. The molecule has 3 nitrogen and oxygen atoms in total. The fourth-order valence-corrected chi connectivity index (χ4v) is 1.97. The zero-order chi connectivity index (χ0) is 8.55. The van der Waals surface area contributed by atoms with Crippen LogP contribution in [0.25, 0.3) is 4.96 Å². The van der Waals surface area contributed by atoms with Crippen molar-refractivity contribution < 1.29 is 0 Å². The molecular formula is C8H11N3S. The smallest absolute Gasteiger partial charge is 0.193 e. The second kappa shape index (κ2) is 2.88. The largest absolute Gasteiger partial charge is 0.328 e. The molecule has 2 rings (SSSR count). The van der Waals surface area contributed by atoms with E-state index in [0.717, 1.165) is 11.4 Å². The summed E-state index contributed by atoms with van der Waals surface area (Å²) in [4.78, 5) is 5.30. The van der Waals surface area contributed by atoms with Gasteiger partial charge in [0.25, 0.3) is 0 Å². The monoisotopic (exact) mass is 181 g/mol. The van der Waals surface area contributed by atoms with Gasteiger partial charge in [0.05, 0.1) is 6.20 Å². The molecule has 1 atom stereocenters. The Bertz CT molecular complexity index is 374. The maximum Gasteiger partial charge on any atom is 0.193 e. The van der Waals surface area contributed by atoms with Crippen molar-refractivity contribution in [2.24, 2.45) is 5.73 Å². The molecule has 0 aliphatic heterocycles. The van der Waals surface area contributed by atoms with Crippen molar-refractivity contribution in [1.82, 2.24) is 9.38 Å². The molecule has 4 heteroatoms. The van der Waals surface area contributed by atoms with Crippen LogP contribution in [-0.4, -0.2) is 15.4 Å². The van der Waals surface area contributed by atoms with Crippen LogP contribution in [0.5, 0.6) is 0 Å². The summed E-state index contributed by atoms with van der Waals surface area (Å²) < 4.78 is 2.09. The Morgan fingerprint density at radius 2 is 2.58 bits per heavy atom. The van der Waals surface area contributed by atoms with Crippen molar-refractivity contribution in [2.75, 3.05) is 0 Å². The molecule has 12 heavy (non-hydrogen) atoms.